The number of amides is 1. The van der Waals surface area contributed by atoms with Gasteiger partial charge >= 0.3 is 5.97 Å². The minimum absolute atomic E-state index is 0.113. The number of thioether (sulfide) groups is 1. The smallest absolute Gasteiger partial charge is 0.344 e. The summed E-state index contributed by atoms with van der Waals surface area (Å²) in [7, 11) is 0. The Balaban J connectivity index is 1.58. The zero-order valence-electron chi connectivity index (χ0n) is 14.5. The second kappa shape index (κ2) is 6.69. The molecule has 2 heterocycles. The van der Waals surface area contributed by atoms with Gasteiger partial charge in [0.2, 0.25) is 11.7 Å². The molecule has 2 atom stereocenters. The normalized spacial score (nSPS) is 21.6. The lowest BCUT2D eigenvalue weighted by molar-refractivity contribution is -0.149. The lowest BCUT2D eigenvalue weighted by Gasteiger charge is -2.29. The van der Waals surface area contributed by atoms with Gasteiger partial charge in [-0.05, 0) is 31.2 Å². The monoisotopic (exact) mass is 401 g/mol. The first-order chi connectivity index (χ1) is 12.9. The number of esters is 1. The summed E-state index contributed by atoms with van der Waals surface area (Å²) >= 11 is 7.25. The SMILES string of the molecule is C[C@@H](OC(=O)[C@@]12CCC(=O)N1c1ccccc1S2)C(=O)c1cccc(Cl)c1. The molecule has 2 aliphatic heterocycles. The van der Waals surface area contributed by atoms with Crippen LogP contribution in [0.2, 0.25) is 5.02 Å². The van der Waals surface area contributed by atoms with E-state index < -0.39 is 16.9 Å². The maximum atomic E-state index is 13.1. The number of ether oxygens (including phenoxy) is 1. The number of ketones is 1. The van der Waals surface area contributed by atoms with Crippen LogP contribution in [0.25, 0.3) is 0 Å². The molecule has 1 fully saturated rings. The van der Waals surface area contributed by atoms with Gasteiger partial charge in [0, 0.05) is 28.3 Å². The van der Waals surface area contributed by atoms with Crippen LogP contribution in [0.4, 0.5) is 5.69 Å². The molecule has 2 aliphatic rings. The van der Waals surface area contributed by atoms with E-state index in [-0.39, 0.29) is 18.1 Å². The van der Waals surface area contributed by atoms with E-state index in [0.29, 0.717) is 17.0 Å². The lowest BCUT2D eigenvalue weighted by Crippen LogP contribution is -2.49. The molecule has 0 saturated carbocycles. The number of benzene rings is 2. The summed E-state index contributed by atoms with van der Waals surface area (Å²) in [6.45, 7) is 1.53. The quantitative estimate of drug-likeness (QED) is 0.570. The fraction of sp³-hybridized carbons (Fsp3) is 0.250. The average molecular weight is 402 g/mol. The van der Waals surface area contributed by atoms with Gasteiger partial charge in [0.15, 0.2) is 11.0 Å². The summed E-state index contributed by atoms with van der Waals surface area (Å²) in [6, 6.07) is 13.9. The van der Waals surface area contributed by atoms with Crippen LogP contribution in [0, 0.1) is 0 Å². The molecule has 5 nitrogen and oxygen atoms in total. The Kier molecular flexibility index (Phi) is 4.48. The van der Waals surface area contributed by atoms with Gasteiger partial charge in [0.25, 0.3) is 0 Å². The standard InChI is InChI=1S/C20H16ClNO4S/c1-12(18(24)13-5-4-6-14(21)11-13)26-19(25)20-10-9-17(23)22(20)15-7-2-3-8-16(15)27-20/h2-8,11-12H,9-10H2,1H3/t12-,20+/m1/s1. The van der Waals surface area contributed by atoms with Crippen LogP contribution >= 0.6 is 23.4 Å². The zero-order valence-corrected chi connectivity index (χ0v) is 16.0. The number of nitrogens with zero attached hydrogens (tertiary/aromatic N) is 1. The molecule has 138 valence electrons. The van der Waals surface area contributed by atoms with Gasteiger partial charge < -0.3 is 4.74 Å². The molecule has 1 saturated heterocycles. The van der Waals surface area contributed by atoms with Crippen LogP contribution < -0.4 is 4.90 Å². The van der Waals surface area contributed by atoms with Gasteiger partial charge in [-0.3, -0.25) is 14.5 Å². The van der Waals surface area contributed by atoms with Crippen LogP contribution in [-0.2, 0) is 14.3 Å². The average Bonchev–Trinajstić information content (AvgIpc) is 3.17. The highest BCUT2D eigenvalue weighted by molar-refractivity contribution is 8.02. The Morgan fingerprint density at radius 3 is 2.78 bits per heavy atom. The Morgan fingerprint density at radius 2 is 2.00 bits per heavy atom. The summed E-state index contributed by atoms with van der Waals surface area (Å²) in [5, 5.41) is 0.437. The van der Waals surface area contributed by atoms with Gasteiger partial charge in [0.05, 0.1) is 5.69 Å². The summed E-state index contributed by atoms with van der Waals surface area (Å²) < 4.78 is 5.53. The maximum absolute atomic E-state index is 13.1. The van der Waals surface area contributed by atoms with E-state index in [9.17, 15) is 14.4 Å². The van der Waals surface area contributed by atoms with E-state index in [1.165, 1.54) is 29.7 Å². The maximum Gasteiger partial charge on any atom is 0.344 e. The third-order valence-electron chi connectivity index (χ3n) is 4.75. The molecule has 2 aromatic rings. The molecule has 0 N–H and O–H groups in total. The molecule has 2 aromatic carbocycles. The lowest BCUT2D eigenvalue weighted by atomic mass is 10.1. The van der Waals surface area contributed by atoms with Crippen LogP contribution in [0.1, 0.15) is 30.1 Å². The van der Waals surface area contributed by atoms with E-state index in [4.69, 9.17) is 16.3 Å². The van der Waals surface area contributed by atoms with Gasteiger partial charge in [0.1, 0.15) is 0 Å². The Bertz CT molecular complexity index is 963. The Morgan fingerprint density at radius 1 is 1.22 bits per heavy atom. The van der Waals surface area contributed by atoms with Gasteiger partial charge in [-0.1, -0.05) is 47.6 Å². The van der Waals surface area contributed by atoms with Gasteiger partial charge in [-0.15, -0.1) is 0 Å². The molecule has 4 rings (SSSR count). The number of rotatable bonds is 4. The summed E-state index contributed by atoms with van der Waals surface area (Å²) in [5.74, 6) is -1.02. The van der Waals surface area contributed by atoms with Crippen LogP contribution in [-0.4, -0.2) is 28.6 Å². The second-order valence-electron chi connectivity index (χ2n) is 6.51. The predicted octanol–water partition coefficient (Wildman–Crippen LogP) is 4.08. The number of Topliss-reactive ketones (excluding diaryl/α,β-unsaturated/α-hetero) is 1. The number of fused-ring (bicyclic) bond motifs is 3. The van der Waals surface area contributed by atoms with E-state index in [0.717, 1.165) is 10.6 Å². The molecule has 0 aliphatic carbocycles. The molecule has 0 bridgehead atoms. The molecule has 0 spiro atoms. The summed E-state index contributed by atoms with van der Waals surface area (Å²) in [5.41, 5.74) is 1.10. The Labute approximate surface area is 165 Å². The van der Waals surface area contributed by atoms with Crippen molar-refractivity contribution in [2.45, 2.75) is 35.6 Å². The number of carbonyl (C=O) groups is 3. The molecular formula is C20H16ClNO4S. The van der Waals surface area contributed by atoms with E-state index in [1.807, 2.05) is 24.3 Å². The molecule has 0 unspecified atom stereocenters. The van der Waals surface area contributed by atoms with Crippen molar-refractivity contribution in [2.75, 3.05) is 4.90 Å². The second-order valence-corrected chi connectivity index (χ2v) is 8.26. The number of halogens is 1. The molecular weight excluding hydrogens is 386 g/mol. The topological polar surface area (TPSA) is 63.7 Å². The minimum Gasteiger partial charge on any atom is -0.452 e. The summed E-state index contributed by atoms with van der Waals surface area (Å²) in [4.78, 5) is 39.3. The first-order valence-corrected chi connectivity index (χ1v) is 9.74. The van der Waals surface area contributed by atoms with Crippen molar-refractivity contribution in [3.63, 3.8) is 0 Å². The van der Waals surface area contributed by atoms with Crippen LogP contribution in [0.5, 0.6) is 0 Å². The molecule has 0 aromatic heterocycles. The molecule has 27 heavy (non-hydrogen) atoms. The van der Waals surface area contributed by atoms with E-state index in [1.54, 1.807) is 18.2 Å². The number of carbonyl (C=O) groups excluding carboxylic acids is 3. The van der Waals surface area contributed by atoms with E-state index >= 15 is 0 Å². The fourth-order valence-electron chi connectivity index (χ4n) is 3.45. The third kappa shape index (κ3) is 2.93. The van der Waals surface area contributed by atoms with Gasteiger partial charge in [-0.25, -0.2) is 4.79 Å². The number of hydrogen-bond donors (Lipinski definition) is 0. The predicted molar refractivity (Wildman–Crippen MR) is 103 cm³/mol. The van der Waals surface area contributed by atoms with Crippen molar-refractivity contribution in [3.05, 3.63) is 59.1 Å². The largest absolute Gasteiger partial charge is 0.452 e. The third-order valence-corrected chi connectivity index (χ3v) is 6.45. The fourth-order valence-corrected chi connectivity index (χ4v) is 5.05. The highest BCUT2D eigenvalue weighted by Gasteiger charge is 2.58. The van der Waals surface area contributed by atoms with E-state index in [2.05, 4.69) is 0 Å². The number of para-hydroxylation sites is 1. The van der Waals surface area contributed by atoms with Crippen LogP contribution in [0.15, 0.2) is 53.4 Å². The first-order valence-electron chi connectivity index (χ1n) is 8.54. The highest BCUT2D eigenvalue weighted by Crippen LogP contribution is 2.56. The highest BCUT2D eigenvalue weighted by atomic mass is 35.5. The van der Waals surface area contributed by atoms with Crippen molar-refractivity contribution in [2.24, 2.45) is 0 Å². The number of anilines is 1. The van der Waals surface area contributed by atoms with Crippen molar-refractivity contribution in [3.8, 4) is 0 Å². The minimum atomic E-state index is -1.14. The molecule has 7 heteroatoms. The molecule has 1 amide bonds. The zero-order chi connectivity index (χ0) is 19.2. The Hall–Kier alpha value is -2.31. The van der Waals surface area contributed by atoms with Crippen LogP contribution in [0.3, 0.4) is 0 Å². The van der Waals surface area contributed by atoms with Crippen molar-refractivity contribution in [1.29, 1.82) is 0 Å². The van der Waals surface area contributed by atoms with Gasteiger partial charge in [-0.2, -0.15) is 0 Å². The van der Waals surface area contributed by atoms with Crippen molar-refractivity contribution >= 4 is 46.7 Å². The number of hydrogen-bond acceptors (Lipinski definition) is 5. The summed E-state index contributed by atoms with van der Waals surface area (Å²) in [6.07, 6.45) is -0.359. The first kappa shape index (κ1) is 18.1. The van der Waals surface area contributed by atoms with Crippen molar-refractivity contribution < 1.29 is 19.1 Å². The molecule has 0 radical (unpaired) electrons. The van der Waals surface area contributed by atoms with Crippen molar-refractivity contribution in [1.82, 2.24) is 0 Å².